The summed E-state index contributed by atoms with van der Waals surface area (Å²) >= 11 is 6.10. The molecule has 0 aliphatic carbocycles. The van der Waals surface area contributed by atoms with Crippen molar-refractivity contribution in [2.24, 2.45) is 0 Å². The molecule has 74 valence electrons. The predicted molar refractivity (Wildman–Crippen MR) is 60.7 cm³/mol. The first-order valence-corrected chi connectivity index (χ1v) is 5.36. The average Bonchev–Trinajstić information content (AvgIpc) is 2.30. The van der Waals surface area contributed by atoms with E-state index in [9.17, 15) is 0 Å². The smallest absolute Gasteiger partial charge is 0.102 e. The van der Waals surface area contributed by atoms with Gasteiger partial charge in [-0.15, -0.1) is 0 Å². The fraction of sp³-hybridized carbons (Fsp3) is 0. The number of benzene rings is 1. The van der Waals surface area contributed by atoms with Crippen molar-refractivity contribution in [3.8, 4) is 24.3 Å². The van der Waals surface area contributed by atoms with Crippen molar-refractivity contribution in [3.63, 3.8) is 0 Å². The van der Waals surface area contributed by atoms with Crippen molar-refractivity contribution >= 4 is 31.9 Å². The molecule has 0 aromatic heterocycles. The molecule has 0 spiro atoms. The second kappa shape index (κ2) is 4.77. The first kappa shape index (κ1) is 12.2. The number of rotatable bonds is 0. The Morgan fingerprint density at radius 2 is 0.750 bits per heavy atom. The summed E-state index contributed by atoms with van der Waals surface area (Å²) < 4.78 is 0.350. The van der Waals surface area contributed by atoms with Crippen molar-refractivity contribution in [2.75, 3.05) is 0 Å². The first-order chi connectivity index (χ1) is 7.62. The van der Waals surface area contributed by atoms with Gasteiger partial charge in [0.15, 0.2) is 0 Å². The van der Waals surface area contributed by atoms with E-state index in [1.165, 1.54) is 0 Å². The minimum absolute atomic E-state index is 0.0462. The third-order valence-corrected chi connectivity index (χ3v) is 3.41. The van der Waals surface area contributed by atoms with Gasteiger partial charge >= 0.3 is 0 Å². The van der Waals surface area contributed by atoms with Crippen LogP contribution in [0.25, 0.3) is 0 Å². The van der Waals surface area contributed by atoms with Crippen LogP contribution in [0.5, 0.6) is 0 Å². The monoisotopic (exact) mass is 334 g/mol. The van der Waals surface area contributed by atoms with Crippen LogP contribution >= 0.6 is 31.9 Å². The Kier molecular flexibility index (Phi) is 3.64. The molecule has 0 N–H and O–H groups in total. The quantitative estimate of drug-likeness (QED) is 0.728. The van der Waals surface area contributed by atoms with E-state index in [2.05, 4.69) is 31.9 Å². The SMILES string of the molecule is N#Cc1c(Br)c(C#N)c(C#N)c(Br)c1C#N. The standard InChI is InChI=1S/C10Br2N4/c11-9-5(1-13)6(2-14)10(12)8(4-16)7(9)3-15. The van der Waals surface area contributed by atoms with E-state index in [0.29, 0.717) is 0 Å². The summed E-state index contributed by atoms with van der Waals surface area (Å²) in [7, 11) is 0. The molecular formula is C10Br2N4. The molecule has 0 aliphatic rings. The summed E-state index contributed by atoms with van der Waals surface area (Å²) in [5.41, 5.74) is 0.185. The molecule has 6 heteroatoms. The van der Waals surface area contributed by atoms with E-state index in [1.807, 2.05) is 24.3 Å². The Hall–Kier alpha value is -1.86. The maximum Gasteiger partial charge on any atom is 0.102 e. The van der Waals surface area contributed by atoms with E-state index >= 15 is 0 Å². The maximum absolute atomic E-state index is 8.89. The third kappa shape index (κ3) is 1.66. The molecule has 1 rings (SSSR count). The molecule has 1 aromatic carbocycles. The zero-order chi connectivity index (χ0) is 12.3. The van der Waals surface area contributed by atoms with Crippen molar-refractivity contribution in [3.05, 3.63) is 31.2 Å². The molecule has 0 aliphatic heterocycles. The van der Waals surface area contributed by atoms with Gasteiger partial charge < -0.3 is 0 Å². The largest absolute Gasteiger partial charge is 0.192 e. The number of nitriles is 4. The highest BCUT2D eigenvalue weighted by Crippen LogP contribution is 2.34. The number of halogens is 2. The average molecular weight is 336 g/mol. The van der Waals surface area contributed by atoms with Crippen LogP contribution in [0.15, 0.2) is 8.95 Å². The summed E-state index contributed by atoms with van der Waals surface area (Å²) in [6.07, 6.45) is 0. The fourth-order valence-electron chi connectivity index (χ4n) is 1.11. The minimum Gasteiger partial charge on any atom is -0.192 e. The summed E-state index contributed by atoms with van der Waals surface area (Å²) in [6, 6.07) is 7.29. The van der Waals surface area contributed by atoms with Gasteiger partial charge in [-0.2, -0.15) is 21.0 Å². The van der Waals surface area contributed by atoms with Gasteiger partial charge in [0, 0.05) is 0 Å². The number of nitrogens with zero attached hydrogens (tertiary/aromatic N) is 4. The minimum atomic E-state index is 0.0462. The Balaban J connectivity index is 3.98. The van der Waals surface area contributed by atoms with Gasteiger partial charge in [-0.1, -0.05) is 0 Å². The lowest BCUT2D eigenvalue weighted by molar-refractivity contribution is 1.33. The van der Waals surface area contributed by atoms with Crippen LogP contribution in [0, 0.1) is 45.3 Å². The first-order valence-electron chi connectivity index (χ1n) is 3.77. The van der Waals surface area contributed by atoms with Crippen LogP contribution in [-0.2, 0) is 0 Å². The number of hydrogen-bond donors (Lipinski definition) is 0. The van der Waals surface area contributed by atoms with Gasteiger partial charge in [0.25, 0.3) is 0 Å². The van der Waals surface area contributed by atoms with Crippen molar-refractivity contribution in [1.29, 1.82) is 21.0 Å². The summed E-state index contributed by atoms with van der Waals surface area (Å²) in [5, 5.41) is 35.6. The van der Waals surface area contributed by atoms with Gasteiger partial charge in [0.05, 0.1) is 31.2 Å². The second-order valence-corrected chi connectivity index (χ2v) is 4.16. The number of hydrogen-bond acceptors (Lipinski definition) is 4. The Labute approximate surface area is 108 Å². The van der Waals surface area contributed by atoms with Crippen LogP contribution in [0.3, 0.4) is 0 Å². The third-order valence-electron chi connectivity index (χ3n) is 1.83. The van der Waals surface area contributed by atoms with Gasteiger partial charge in [-0.3, -0.25) is 0 Å². The van der Waals surface area contributed by atoms with E-state index in [0.717, 1.165) is 0 Å². The van der Waals surface area contributed by atoms with Crippen LogP contribution in [-0.4, -0.2) is 0 Å². The molecule has 0 amide bonds. The maximum atomic E-state index is 8.89. The summed E-state index contributed by atoms with van der Waals surface area (Å²) in [5.74, 6) is 0. The summed E-state index contributed by atoms with van der Waals surface area (Å²) in [4.78, 5) is 0. The van der Waals surface area contributed by atoms with Crippen LogP contribution < -0.4 is 0 Å². The van der Waals surface area contributed by atoms with E-state index in [-0.39, 0.29) is 31.2 Å². The van der Waals surface area contributed by atoms with Crippen molar-refractivity contribution in [2.45, 2.75) is 0 Å². The lowest BCUT2D eigenvalue weighted by Gasteiger charge is -2.06. The second-order valence-electron chi connectivity index (χ2n) is 2.58. The molecule has 0 saturated carbocycles. The lowest BCUT2D eigenvalue weighted by atomic mass is 10.0. The molecule has 0 saturated heterocycles. The molecule has 0 atom stereocenters. The van der Waals surface area contributed by atoms with Gasteiger partial charge in [-0.25, -0.2) is 0 Å². The molecule has 4 nitrogen and oxygen atoms in total. The molecule has 0 heterocycles. The fourth-order valence-corrected chi connectivity index (χ4v) is 2.26. The summed E-state index contributed by atoms with van der Waals surface area (Å²) in [6.45, 7) is 0. The van der Waals surface area contributed by atoms with E-state index < -0.39 is 0 Å². The van der Waals surface area contributed by atoms with E-state index in [1.54, 1.807) is 0 Å². The van der Waals surface area contributed by atoms with Crippen LogP contribution in [0.2, 0.25) is 0 Å². The molecule has 0 bridgehead atoms. The van der Waals surface area contributed by atoms with Crippen molar-refractivity contribution in [1.82, 2.24) is 0 Å². The Morgan fingerprint density at radius 1 is 0.562 bits per heavy atom. The van der Waals surface area contributed by atoms with Crippen LogP contribution in [0.1, 0.15) is 22.3 Å². The predicted octanol–water partition coefficient (Wildman–Crippen LogP) is 2.70. The zero-order valence-electron chi connectivity index (χ0n) is 7.54. The van der Waals surface area contributed by atoms with Gasteiger partial charge in [0.1, 0.15) is 24.3 Å². The highest BCUT2D eigenvalue weighted by Gasteiger charge is 2.21. The normalized spacial score (nSPS) is 8.38. The lowest BCUT2D eigenvalue weighted by Crippen LogP contribution is -1.97. The Bertz CT molecular complexity index is 525. The van der Waals surface area contributed by atoms with Gasteiger partial charge in [0.2, 0.25) is 0 Å². The molecule has 0 fully saturated rings. The molecule has 16 heavy (non-hydrogen) atoms. The topological polar surface area (TPSA) is 95.2 Å². The highest BCUT2D eigenvalue weighted by atomic mass is 79.9. The molecule has 1 aromatic rings. The van der Waals surface area contributed by atoms with Crippen LogP contribution in [0.4, 0.5) is 0 Å². The van der Waals surface area contributed by atoms with Crippen molar-refractivity contribution < 1.29 is 0 Å². The highest BCUT2D eigenvalue weighted by molar-refractivity contribution is 9.11. The van der Waals surface area contributed by atoms with E-state index in [4.69, 9.17) is 21.0 Å². The zero-order valence-corrected chi connectivity index (χ0v) is 10.7. The van der Waals surface area contributed by atoms with Gasteiger partial charge in [-0.05, 0) is 31.9 Å². The molecule has 0 radical (unpaired) electrons. The molecule has 0 unspecified atom stereocenters. The Morgan fingerprint density at radius 3 is 0.875 bits per heavy atom. The molecular weight excluding hydrogens is 336 g/mol.